The first-order chi connectivity index (χ1) is 12.2. The van der Waals surface area contributed by atoms with Gasteiger partial charge < -0.3 is 9.73 Å². The SMILES string of the molecule is O=C(NNC(=S)NC1CC1)c1cc(-c2ccco2)nc2ccccc12. The Balaban J connectivity index is 1.62. The van der Waals surface area contributed by atoms with Crippen LogP contribution in [-0.2, 0) is 0 Å². The van der Waals surface area contributed by atoms with Crippen molar-refractivity contribution >= 4 is 34.1 Å². The van der Waals surface area contributed by atoms with Crippen LogP contribution >= 0.6 is 12.2 Å². The third-order valence-corrected chi connectivity index (χ3v) is 4.16. The second-order valence-electron chi connectivity index (χ2n) is 5.88. The minimum atomic E-state index is -0.286. The molecule has 1 aliphatic rings. The van der Waals surface area contributed by atoms with E-state index in [-0.39, 0.29) is 5.91 Å². The topological polar surface area (TPSA) is 79.2 Å². The highest BCUT2D eigenvalue weighted by molar-refractivity contribution is 7.80. The number of para-hydroxylation sites is 1. The van der Waals surface area contributed by atoms with Gasteiger partial charge in [0.15, 0.2) is 10.9 Å². The molecule has 1 aliphatic carbocycles. The van der Waals surface area contributed by atoms with E-state index in [2.05, 4.69) is 21.2 Å². The third kappa shape index (κ3) is 3.46. The summed E-state index contributed by atoms with van der Waals surface area (Å²) in [6.45, 7) is 0. The number of carbonyl (C=O) groups is 1. The van der Waals surface area contributed by atoms with E-state index in [1.807, 2.05) is 30.3 Å². The van der Waals surface area contributed by atoms with E-state index >= 15 is 0 Å². The van der Waals surface area contributed by atoms with Crippen molar-refractivity contribution in [2.24, 2.45) is 0 Å². The van der Waals surface area contributed by atoms with Crippen molar-refractivity contribution in [2.75, 3.05) is 0 Å². The summed E-state index contributed by atoms with van der Waals surface area (Å²) in [4.78, 5) is 17.2. The summed E-state index contributed by atoms with van der Waals surface area (Å²) in [5.74, 6) is 0.324. The van der Waals surface area contributed by atoms with Crippen LogP contribution in [0.15, 0.2) is 53.1 Å². The summed E-state index contributed by atoms with van der Waals surface area (Å²) in [6.07, 6.45) is 3.80. The van der Waals surface area contributed by atoms with Crippen molar-refractivity contribution in [3.05, 3.63) is 54.3 Å². The highest BCUT2D eigenvalue weighted by Crippen LogP contribution is 2.25. The normalized spacial score (nSPS) is 13.4. The van der Waals surface area contributed by atoms with Gasteiger partial charge in [0.2, 0.25) is 0 Å². The molecule has 1 amide bonds. The number of fused-ring (bicyclic) bond motifs is 1. The van der Waals surface area contributed by atoms with E-state index in [1.165, 1.54) is 0 Å². The highest BCUT2D eigenvalue weighted by Gasteiger charge is 2.22. The number of nitrogens with zero attached hydrogens (tertiary/aromatic N) is 1. The smallest absolute Gasteiger partial charge is 0.270 e. The maximum atomic E-state index is 12.7. The largest absolute Gasteiger partial charge is 0.463 e. The molecule has 0 aliphatic heterocycles. The van der Waals surface area contributed by atoms with Gasteiger partial charge in [0.05, 0.1) is 17.3 Å². The van der Waals surface area contributed by atoms with Crippen LogP contribution in [0.4, 0.5) is 0 Å². The van der Waals surface area contributed by atoms with Crippen LogP contribution < -0.4 is 16.2 Å². The second-order valence-corrected chi connectivity index (χ2v) is 6.28. The molecule has 0 radical (unpaired) electrons. The van der Waals surface area contributed by atoms with Gasteiger partial charge in [-0.05, 0) is 49.3 Å². The van der Waals surface area contributed by atoms with Gasteiger partial charge in [0.25, 0.3) is 5.91 Å². The quantitative estimate of drug-likeness (QED) is 0.497. The number of amides is 1. The maximum Gasteiger partial charge on any atom is 0.270 e. The van der Waals surface area contributed by atoms with Crippen LogP contribution in [0.1, 0.15) is 23.2 Å². The fraction of sp³-hybridized carbons (Fsp3) is 0.167. The van der Waals surface area contributed by atoms with Crippen molar-refractivity contribution in [3.8, 4) is 11.5 Å². The lowest BCUT2D eigenvalue weighted by Gasteiger charge is -2.12. The number of hydrogen-bond acceptors (Lipinski definition) is 4. The van der Waals surface area contributed by atoms with Crippen LogP contribution in [-0.4, -0.2) is 22.0 Å². The zero-order valence-electron chi connectivity index (χ0n) is 13.3. The molecule has 3 aromatic rings. The summed E-state index contributed by atoms with van der Waals surface area (Å²) in [6, 6.07) is 13.2. The van der Waals surface area contributed by atoms with Gasteiger partial charge >= 0.3 is 0 Å². The Morgan fingerprint density at radius 1 is 1.16 bits per heavy atom. The van der Waals surface area contributed by atoms with E-state index in [9.17, 15) is 4.79 Å². The third-order valence-electron chi connectivity index (χ3n) is 3.94. The molecule has 1 saturated carbocycles. The monoisotopic (exact) mass is 352 g/mol. The lowest BCUT2D eigenvalue weighted by Crippen LogP contribution is -2.47. The summed E-state index contributed by atoms with van der Waals surface area (Å²) in [5.41, 5.74) is 7.22. The van der Waals surface area contributed by atoms with Crippen molar-refractivity contribution in [1.82, 2.24) is 21.2 Å². The Labute approximate surface area is 149 Å². The Hall–Kier alpha value is -2.93. The lowest BCUT2D eigenvalue weighted by molar-refractivity contribution is 0.0945. The highest BCUT2D eigenvalue weighted by atomic mass is 32.1. The molecule has 1 fully saturated rings. The Morgan fingerprint density at radius 3 is 2.76 bits per heavy atom. The minimum Gasteiger partial charge on any atom is -0.463 e. The van der Waals surface area contributed by atoms with Crippen molar-refractivity contribution in [3.63, 3.8) is 0 Å². The molecular weight excluding hydrogens is 336 g/mol. The van der Waals surface area contributed by atoms with Crippen LogP contribution in [0.3, 0.4) is 0 Å². The molecule has 7 heteroatoms. The van der Waals surface area contributed by atoms with Crippen LogP contribution in [0.5, 0.6) is 0 Å². The summed E-state index contributed by atoms with van der Waals surface area (Å²) < 4.78 is 5.41. The molecule has 4 rings (SSSR count). The van der Waals surface area contributed by atoms with Gasteiger partial charge in [-0.25, -0.2) is 4.98 Å². The first-order valence-electron chi connectivity index (χ1n) is 8.01. The molecule has 3 N–H and O–H groups in total. The lowest BCUT2D eigenvalue weighted by atomic mass is 10.1. The molecule has 2 aromatic heterocycles. The number of benzene rings is 1. The van der Waals surface area contributed by atoms with Crippen LogP contribution in [0, 0.1) is 0 Å². The number of pyridine rings is 1. The van der Waals surface area contributed by atoms with E-state index in [0.717, 1.165) is 23.7 Å². The molecular formula is C18H16N4O2S. The zero-order valence-corrected chi connectivity index (χ0v) is 14.1. The van der Waals surface area contributed by atoms with E-state index in [1.54, 1.807) is 18.4 Å². The second kappa shape index (κ2) is 6.52. The van der Waals surface area contributed by atoms with Gasteiger partial charge in [-0.1, -0.05) is 18.2 Å². The minimum absolute atomic E-state index is 0.286. The predicted molar refractivity (Wildman–Crippen MR) is 98.8 cm³/mol. The Bertz CT molecular complexity index is 935. The Morgan fingerprint density at radius 2 is 2.00 bits per heavy atom. The summed E-state index contributed by atoms with van der Waals surface area (Å²) in [5, 5.41) is 4.29. The molecule has 0 spiro atoms. The van der Waals surface area contributed by atoms with Crippen LogP contribution in [0.25, 0.3) is 22.4 Å². The number of nitrogens with one attached hydrogen (secondary N) is 3. The molecule has 0 atom stereocenters. The molecule has 2 heterocycles. The van der Waals surface area contributed by atoms with Crippen LogP contribution in [0.2, 0.25) is 0 Å². The van der Waals surface area contributed by atoms with E-state index in [0.29, 0.717) is 28.2 Å². The number of hydrazine groups is 1. The van der Waals surface area contributed by atoms with E-state index < -0.39 is 0 Å². The van der Waals surface area contributed by atoms with Crippen molar-refractivity contribution < 1.29 is 9.21 Å². The molecule has 0 unspecified atom stereocenters. The van der Waals surface area contributed by atoms with Crippen molar-refractivity contribution in [2.45, 2.75) is 18.9 Å². The summed E-state index contributed by atoms with van der Waals surface area (Å²) in [7, 11) is 0. The molecule has 6 nitrogen and oxygen atoms in total. The number of aromatic nitrogens is 1. The number of rotatable bonds is 3. The average molecular weight is 352 g/mol. The van der Waals surface area contributed by atoms with Gasteiger partial charge in [-0.3, -0.25) is 15.6 Å². The van der Waals surface area contributed by atoms with Gasteiger partial charge in [-0.15, -0.1) is 0 Å². The van der Waals surface area contributed by atoms with E-state index in [4.69, 9.17) is 16.6 Å². The van der Waals surface area contributed by atoms with Gasteiger partial charge in [0, 0.05) is 11.4 Å². The Kier molecular flexibility index (Phi) is 4.07. The fourth-order valence-corrected chi connectivity index (χ4v) is 2.76. The fourth-order valence-electron chi connectivity index (χ4n) is 2.54. The van der Waals surface area contributed by atoms with Crippen molar-refractivity contribution in [1.29, 1.82) is 0 Å². The molecule has 0 bridgehead atoms. The number of thiocarbonyl (C=S) groups is 1. The predicted octanol–water partition coefficient (Wildman–Crippen LogP) is 2.77. The average Bonchev–Trinajstić information content (AvgIpc) is 3.27. The maximum absolute atomic E-state index is 12.7. The number of carbonyl (C=O) groups excluding carboxylic acids is 1. The standard InChI is InChI=1S/C18H16N4O2S/c23-17(21-22-18(25)19-11-7-8-11)13-10-15(16-6-3-9-24-16)20-14-5-2-1-4-12(13)14/h1-6,9-11H,7-8H2,(H,21,23)(H2,19,22,25). The number of hydrogen-bond donors (Lipinski definition) is 3. The molecule has 25 heavy (non-hydrogen) atoms. The van der Waals surface area contributed by atoms with Gasteiger partial charge in [-0.2, -0.15) is 0 Å². The molecule has 0 saturated heterocycles. The first-order valence-corrected chi connectivity index (χ1v) is 8.42. The molecule has 126 valence electrons. The first kappa shape index (κ1) is 15.6. The van der Waals surface area contributed by atoms with Gasteiger partial charge in [0.1, 0.15) is 5.69 Å². The molecule has 1 aromatic carbocycles. The summed E-state index contributed by atoms with van der Waals surface area (Å²) >= 11 is 5.16. The zero-order chi connectivity index (χ0) is 17.2. The number of furan rings is 1.